The normalized spacial score (nSPS) is 12.0. The molecule has 5 aromatic rings. The maximum absolute atomic E-state index is 13.4. The molecule has 0 aliphatic rings. The lowest BCUT2D eigenvalue weighted by Gasteiger charge is -2.17. The summed E-state index contributed by atoms with van der Waals surface area (Å²) in [6.45, 7) is 4.08. The molecule has 2 aromatic heterocycles. The highest BCUT2D eigenvalue weighted by Gasteiger charge is 2.19. The van der Waals surface area contributed by atoms with Gasteiger partial charge in [0, 0.05) is 41.3 Å². The van der Waals surface area contributed by atoms with E-state index in [1.54, 1.807) is 4.40 Å². The van der Waals surface area contributed by atoms with Gasteiger partial charge in [-0.05, 0) is 43.2 Å². The number of benzene rings is 3. The summed E-state index contributed by atoms with van der Waals surface area (Å²) in [6.07, 6.45) is 0. The number of fused-ring (bicyclic) bond motifs is 4. The third-order valence-corrected chi connectivity index (χ3v) is 5.38. The van der Waals surface area contributed by atoms with Crippen LogP contribution in [0.5, 0.6) is 0 Å². The van der Waals surface area contributed by atoms with Gasteiger partial charge in [-0.15, -0.1) is 0 Å². The highest BCUT2D eigenvalue weighted by molar-refractivity contribution is 6.18. The van der Waals surface area contributed by atoms with Crippen molar-refractivity contribution < 1.29 is 0 Å². The summed E-state index contributed by atoms with van der Waals surface area (Å²) >= 11 is 0. The monoisotopic (exact) mass is 341 g/mol. The van der Waals surface area contributed by atoms with Crippen LogP contribution < -0.4 is 10.5 Å². The molecule has 0 bridgehead atoms. The molecule has 0 saturated heterocycles. The zero-order chi connectivity index (χ0) is 18.2. The van der Waals surface area contributed by atoms with Gasteiger partial charge in [0.25, 0.3) is 5.56 Å². The number of hydrogen-bond acceptors (Lipinski definition) is 3. The van der Waals surface area contributed by atoms with Crippen LogP contribution in [-0.4, -0.2) is 23.5 Å². The van der Waals surface area contributed by atoms with Crippen LogP contribution in [0.2, 0.25) is 0 Å². The summed E-state index contributed by atoms with van der Waals surface area (Å²) < 4.78 is 1.80. The van der Waals surface area contributed by atoms with Crippen molar-refractivity contribution in [1.29, 1.82) is 0 Å². The number of aryl methyl sites for hydroxylation is 2. The fraction of sp³-hybridized carbons (Fsp3) is 0.182. The predicted octanol–water partition coefficient (Wildman–Crippen LogP) is 4.27. The van der Waals surface area contributed by atoms with Crippen LogP contribution in [0.1, 0.15) is 11.1 Å². The Morgan fingerprint density at radius 3 is 2.38 bits per heavy atom. The molecule has 0 saturated carbocycles. The summed E-state index contributed by atoms with van der Waals surface area (Å²) in [7, 11) is 4.05. The molecule has 5 rings (SSSR count). The van der Waals surface area contributed by atoms with E-state index >= 15 is 0 Å². The summed E-state index contributed by atoms with van der Waals surface area (Å²) in [5.41, 5.74) is 5.84. The Balaban J connectivity index is 2.16. The maximum Gasteiger partial charge on any atom is 0.264 e. The van der Waals surface area contributed by atoms with Crippen molar-refractivity contribution in [2.75, 3.05) is 19.0 Å². The van der Waals surface area contributed by atoms with Gasteiger partial charge in [-0.1, -0.05) is 24.3 Å². The molecular formula is C22H19N3O. The van der Waals surface area contributed by atoms with Gasteiger partial charge in [-0.3, -0.25) is 9.20 Å². The maximum atomic E-state index is 13.4. The van der Waals surface area contributed by atoms with Gasteiger partial charge in [0.15, 0.2) is 0 Å². The first-order valence-corrected chi connectivity index (χ1v) is 8.76. The minimum atomic E-state index is 0.00482. The molecule has 128 valence electrons. The second-order valence-electron chi connectivity index (χ2n) is 7.23. The zero-order valence-electron chi connectivity index (χ0n) is 15.3. The third kappa shape index (κ3) is 1.74. The lowest BCUT2D eigenvalue weighted by atomic mass is 10.0. The summed E-state index contributed by atoms with van der Waals surface area (Å²) in [5.74, 6) is 0. The Kier molecular flexibility index (Phi) is 2.88. The zero-order valence-corrected chi connectivity index (χ0v) is 15.3. The van der Waals surface area contributed by atoms with E-state index in [2.05, 4.69) is 35.2 Å². The second-order valence-corrected chi connectivity index (χ2v) is 7.23. The molecule has 0 radical (unpaired) electrons. The number of rotatable bonds is 1. The van der Waals surface area contributed by atoms with Gasteiger partial charge in [0.05, 0.1) is 11.0 Å². The summed E-state index contributed by atoms with van der Waals surface area (Å²) in [4.78, 5) is 20.4. The van der Waals surface area contributed by atoms with Gasteiger partial charge in [-0.2, -0.15) is 0 Å². The topological polar surface area (TPSA) is 37.6 Å². The van der Waals surface area contributed by atoms with Crippen molar-refractivity contribution in [3.8, 4) is 0 Å². The average Bonchev–Trinajstić information content (AvgIpc) is 3.04. The Bertz CT molecular complexity index is 1400. The van der Waals surface area contributed by atoms with Gasteiger partial charge in [0.2, 0.25) is 0 Å². The standard InChI is InChI=1S/C22H19N3O/c1-12-8-9-13(2)20-19(12)23-21-15-10-11-17(24(3)4)14-6-5-7-16(18(14)15)22(26)25(20)21/h5-11H,1-4H3. The molecule has 4 heteroatoms. The van der Waals surface area contributed by atoms with E-state index in [1.165, 1.54) is 0 Å². The lowest BCUT2D eigenvalue weighted by Crippen LogP contribution is -2.15. The first kappa shape index (κ1) is 15.1. The SMILES string of the molecule is Cc1ccc(C)c2c1nc1c3ccc(N(C)C)c4cccc(c(=O)n12)c43. The molecule has 0 spiro atoms. The van der Waals surface area contributed by atoms with Gasteiger partial charge >= 0.3 is 0 Å². The van der Waals surface area contributed by atoms with Gasteiger partial charge in [0.1, 0.15) is 5.65 Å². The predicted molar refractivity (Wildman–Crippen MR) is 109 cm³/mol. The number of pyridine rings is 1. The van der Waals surface area contributed by atoms with Crippen LogP contribution >= 0.6 is 0 Å². The molecule has 26 heavy (non-hydrogen) atoms. The molecule has 0 atom stereocenters. The minimum Gasteiger partial charge on any atom is -0.377 e. The minimum absolute atomic E-state index is 0.00482. The van der Waals surface area contributed by atoms with Crippen molar-refractivity contribution in [2.24, 2.45) is 0 Å². The van der Waals surface area contributed by atoms with Gasteiger partial charge in [-0.25, -0.2) is 4.98 Å². The molecule has 0 aliphatic carbocycles. The fourth-order valence-electron chi connectivity index (χ4n) is 4.11. The number of nitrogens with zero attached hydrogens (tertiary/aromatic N) is 3. The number of anilines is 1. The smallest absolute Gasteiger partial charge is 0.264 e. The number of imidazole rings is 1. The fourth-order valence-corrected chi connectivity index (χ4v) is 4.11. The molecular weight excluding hydrogens is 322 g/mol. The van der Waals surface area contributed by atoms with Crippen molar-refractivity contribution in [1.82, 2.24) is 9.38 Å². The highest BCUT2D eigenvalue weighted by Crippen LogP contribution is 2.35. The van der Waals surface area contributed by atoms with Crippen LogP contribution in [0, 0.1) is 13.8 Å². The Morgan fingerprint density at radius 2 is 1.62 bits per heavy atom. The Hall–Kier alpha value is -3.14. The van der Waals surface area contributed by atoms with Crippen LogP contribution in [0.25, 0.3) is 38.2 Å². The van der Waals surface area contributed by atoms with E-state index in [4.69, 9.17) is 4.98 Å². The van der Waals surface area contributed by atoms with Gasteiger partial charge < -0.3 is 4.90 Å². The van der Waals surface area contributed by atoms with E-state index in [1.807, 2.05) is 40.1 Å². The molecule has 0 aliphatic heterocycles. The summed E-state index contributed by atoms with van der Waals surface area (Å²) in [5, 5.41) is 3.86. The molecule has 3 aromatic carbocycles. The van der Waals surface area contributed by atoms with Crippen LogP contribution in [0.4, 0.5) is 5.69 Å². The molecule has 0 amide bonds. The molecule has 0 fully saturated rings. The largest absolute Gasteiger partial charge is 0.377 e. The lowest BCUT2D eigenvalue weighted by molar-refractivity contribution is 1.14. The molecule has 0 N–H and O–H groups in total. The first-order valence-electron chi connectivity index (χ1n) is 8.76. The van der Waals surface area contributed by atoms with Crippen LogP contribution in [0.3, 0.4) is 0 Å². The van der Waals surface area contributed by atoms with E-state index in [0.29, 0.717) is 0 Å². The number of aromatic nitrogens is 2. The van der Waals surface area contributed by atoms with Crippen LogP contribution in [0.15, 0.2) is 47.3 Å². The average molecular weight is 341 g/mol. The molecule has 2 heterocycles. The third-order valence-electron chi connectivity index (χ3n) is 5.38. The summed E-state index contributed by atoms with van der Waals surface area (Å²) in [6, 6.07) is 14.3. The first-order chi connectivity index (χ1) is 12.5. The van der Waals surface area contributed by atoms with Crippen molar-refractivity contribution in [3.63, 3.8) is 0 Å². The van der Waals surface area contributed by atoms with Crippen LogP contribution in [-0.2, 0) is 0 Å². The van der Waals surface area contributed by atoms with E-state index in [9.17, 15) is 4.79 Å². The van der Waals surface area contributed by atoms with E-state index < -0.39 is 0 Å². The highest BCUT2D eigenvalue weighted by atomic mass is 16.1. The molecule has 4 nitrogen and oxygen atoms in total. The van der Waals surface area contributed by atoms with E-state index in [-0.39, 0.29) is 5.56 Å². The Morgan fingerprint density at radius 1 is 0.885 bits per heavy atom. The number of hydrogen-bond donors (Lipinski definition) is 0. The Labute approximate surface area is 150 Å². The van der Waals surface area contributed by atoms with E-state index in [0.717, 1.165) is 55.0 Å². The van der Waals surface area contributed by atoms with Crippen molar-refractivity contribution >= 4 is 43.9 Å². The van der Waals surface area contributed by atoms with Crippen molar-refractivity contribution in [2.45, 2.75) is 13.8 Å². The quantitative estimate of drug-likeness (QED) is 0.457. The van der Waals surface area contributed by atoms with Crippen molar-refractivity contribution in [3.05, 3.63) is 63.9 Å². The molecule has 0 unspecified atom stereocenters. The second kappa shape index (κ2) is 4.94.